The fourth-order valence-corrected chi connectivity index (χ4v) is 3.50. The highest BCUT2D eigenvalue weighted by Crippen LogP contribution is 2.35. The second-order valence-corrected chi connectivity index (χ2v) is 6.75. The second kappa shape index (κ2) is 6.09. The smallest absolute Gasteiger partial charge is 0.136 e. The Bertz CT molecular complexity index is 444. The van der Waals surface area contributed by atoms with Gasteiger partial charge in [0, 0.05) is 17.4 Å². The summed E-state index contributed by atoms with van der Waals surface area (Å²) in [7, 11) is 0. The van der Waals surface area contributed by atoms with E-state index in [0.717, 1.165) is 23.4 Å². The van der Waals surface area contributed by atoms with Crippen LogP contribution in [0.4, 0.5) is 0 Å². The van der Waals surface area contributed by atoms with Gasteiger partial charge in [0.25, 0.3) is 0 Å². The van der Waals surface area contributed by atoms with E-state index >= 15 is 0 Å². The minimum absolute atomic E-state index is 0.174. The lowest BCUT2D eigenvalue weighted by molar-refractivity contribution is -0.124. The highest BCUT2D eigenvalue weighted by atomic mass is 35.5. The van der Waals surface area contributed by atoms with E-state index in [2.05, 4.69) is 13.8 Å². The van der Waals surface area contributed by atoms with Gasteiger partial charge in [0.15, 0.2) is 0 Å². The number of halogens is 1. The number of hydrogen-bond acceptors (Lipinski definition) is 1. The van der Waals surface area contributed by atoms with Gasteiger partial charge in [0.05, 0.1) is 0 Å². The summed E-state index contributed by atoms with van der Waals surface area (Å²) in [5, 5.41) is 0.768. The van der Waals surface area contributed by atoms with E-state index in [1.165, 1.54) is 19.3 Å². The average Bonchev–Trinajstić information content (AvgIpc) is 2.39. The van der Waals surface area contributed by atoms with Crippen LogP contribution in [0.2, 0.25) is 5.02 Å². The predicted molar refractivity (Wildman–Crippen MR) is 80.7 cm³/mol. The zero-order valence-corrected chi connectivity index (χ0v) is 12.7. The maximum Gasteiger partial charge on any atom is 0.136 e. The molecule has 19 heavy (non-hydrogen) atoms. The van der Waals surface area contributed by atoms with E-state index < -0.39 is 0 Å². The maximum atomic E-state index is 12.5. The Morgan fingerprint density at radius 1 is 1.21 bits per heavy atom. The summed E-state index contributed by atoms with van der Waals surface area (Å²) in [6.07, 6.45) is 6.47. The molecule has 1 nitrogen and oxygen atoms in total. The zero-order valence-electron chi connectivity index (χ0n) is 11.9. The molecule has 1 aliphatic carbocycles. The van der Waals surface area contributed by atoms with Crippen molar-refractivity contribution in [2.75, 3.05) is 0 Å². The summed E-state index contributed by atoms with van der Waals surface area (Å²) in [6.45, 7) is 4.24. The highest BCUT2D eigenvalue weighted by molar-refractivity contribution is 6.31. The number of carbonyl (C=O) groups is 1. The molecule has 1 aromatic rings. The summed E-state index contributed by atoms with van der Waals surface area (Å²) in [6, 6.07) is 7.87. The van der Waals surface area contributed by atoms with Crippen molar-refractivity contribution in [3.8, 4) is 0 Å². The van der Waals surface area contributed by atoms with E-state index in [1.807, 2.05) is 24.3 Å². The van der Waals surface area contributed by atoms with Crippen molar-refractivity contribution in [2.24, 2.45) is 5.92 Å². The van der Waals surface area contributed by atoms with Gasteiger partial charge in [-0.2, -0.15) is 0 Å². The first-order valence-electron chi connectivity index (χ1n) is 7.28. The van der Waals surface area contributed by atoms with Crippen LogP contribution in [0.3, 0.4) is 0 Å². The monoisotopic (exact) mass is 278 g/mol. The molecule has 1 aromatic carbocycles. The van der Waals surface area contributed by atoms with E-state index in [4.69, 9.17) is 11.6 Å². The number of ketones is 1. The van der Waals surface area contributed by atoms with Crippen LogP contribution in [0.5, 0.6) is 0 Å². The Morgan fingerprint density at radius 2 is 1.84 bits per heavy atom. The fourth-order valence-electron chi connectivity index (χ4n) is 3.11. The van der Waals surface area contributed by atoms with E-state index in [9.17, 15) is 4.79 Å². The van der Waals surface area contributed by atoms with Crippen molar-refractivity contribution < 1.29 is 4.79 Å². The molecule has 2 heteroatoms. The second-order valence-electron chi connectivity index (χ2n) is 6.34. The SMILES string of the molecule is CC(C)(CC(=O)C1CCCCC1)c1ccccc1Cl. The minimum Gasteiger partial charge on any atom is -0.299 e. The lowest BCUT2D eigenvalue weighted by atomic mass is 9.75. The lowest BCUT2D eigenvalue weighted by Gasteiger charge is -2.29. The Kier molecular flexibility index (Phi) is 4.67. The van der Waals surface area contributed by atoms with E-state index in [-0.39, 0.29) is 11.3 Å². The molecule has 0 N–H and O–H groups in total. The largest absolute Gasteiger partial charge is 0.299 e. The summed E-state index contributed by atoms with van der Waals surface area (Å²) in [5.41, 5.74) is 0.910. The van der Waals surface area contributed by atoms with Crippen molar-refractivity contribution in [1.82, 2.24) is 0 Å². The molecule has 0 aromatic heterocycles. The Labute approximate surface area is 121 Å². The maximum absolute atomic E-state index is 12.5. The quantitative estimate of drug-likeness (QED) is 0.744. The van der Waals surface area contributed by atoms with Crippen LogP contribution in [0.1, 0.15) is 57.9 Å². The van der Waals surface area contributed by atoms with Gasteiger partial charge >= 0.3 is 0 Å². The highest BCUT2D eigenvalue weighted by Gasteiger charge is 2.30. The minimum atomic E-state index is -0.174. The number of Topliss-reactive ketones (excluding diaryl/α,β-unsaturated/α-hetero) is 1. The Balaban J connectivity index is 2.08. The molecule has 0 heterocycles. The molecule has 0 bridgehead atoms. The van der Waals surface area contributed by atoms with Crippen molar-refractivity contribution in [2.45, 2.75) is 57.8 Å². The molecule has 1 saturated carbocycles. The van der Waals surface area contributed by atoms with Crippen LogP contribution in [-0.2, 0) is 10.2 Å². The molecule has 0 atom stereocenters. The Hall–Kier alpha value is -0.820. The standard InChI is InChI=1S/C17H23ClO/c1-17(2,14-10-6-7-11-15(14)18)12-16(19)13-8-4-3-5-9-13/h6-7,10-11,13H,3-5,8-9,12H2,1-2H3. The van der Waals surface area contributed by atoms with E-state index in [0.29, 0.717) is 12.2 Å². The van der Waals surface area contributed by atoms with Gasteiger partial charge in [-0.15, -0.1) is 0 Å². The average molecular weight is 279 g/mol. The first-order chi connectivity index (χ1) is 9.00. The molecular formula is C17H23ClO. The molecule has 1 fully saturated rings. The van der Waals surface area contributed by atoms with Gasteiger partial charge in [-0.1, -0.05) is 62.9 Å². The summed E-state index contributed by atoms with van der Waals surface area (Å²) >= 11 is 6.27. The molecule has 1 aliphatic rings. The topological polar surface area (TPSA) is 17.1 Å². The molecule has 0 unspecified atom stereocenters. The van der Waals surface area contributed by atoms with E-state index in [1.54, 1.807) is 0 Å². The number of rotatable bonds is 4. The summed E-state index contributed by atoms with van der Waals surface area (Å²) < 4.78 is 0. The third-order valence-electron chi connectivity index (χ3n) is 4.28. The summed E-state index contributed by atoms with van der Waals surface area (Å²) in [5.74, 6) is 0.708. The molecule has 0 amide bonds. The van der Waals surface area contributed by atoms with Crippen LogP contribution < -0.4 is 0 Å². The van der Waals surface area contributed by atoms with Gasteiger partial charge in [0.2, 0.25) is 0 Å². The van der Waals surface area contributed by atoms with Gasteiger partial charge in [-0.25, -0.2) is 0 Å². The molecule has 2 rings (SSSR count). The van der Waals surface area contributed by atoms with Crippen LogP contribution in [0, 0.1) is 5.92 Å². The van der Waals surface area contributed by atoms with Crippen molar-refractivity contribution in [3.05, 3.63) is 34.9 Å². The molecule has 0 aliphatic heterocycles. The molecule has 0 radical (unpaired) electrons. The Morgan fingerprint density at radius 3 is 2.47 bits per heavy atom. The third-order valence-corrected chi connectivity index (χ3v) is 4.61. The predicted octanol–water partition coefficient (Wildman–Crippen LogP) is 5.16. The van der Waals surface area contributed by atoms with Crippen molar-refractivity contribution in [3.63, 3.8) is 0 Å². The third kappa shape index (κ3) is 3.60. The van der Waals surface area contributed by atoms with Crippen LogP contribution in [0.15, 0.2) is 24.3 Å². The number of hydrogen-bond donors (Lipinski definition) is 0. The molecular weight excluding hydrogens is 256 g/mol. The first-order valence-corrected chi connectivity index (χ1v) is 7.66. The lowest BCUT2D eigenvalue weighted by Crippen LogP contribution is -2.27. The summed E-state index contributed by atoms with van der Waals surface area (Å²) in [4.78, 5) is 12.5. The number of carbonyl (C=O) groups excluding carboxylic acids is 1. The molecule has 104 valence electrons. The molecule has 0 spiro atoms. The van der Waals surface area contributed by atoms with Crippen LogP contribution in [-0.4, -0.2) is 5.78 Å². The van der Waals surface area contributed by atoms with Crippen molar-refractivity contribution in [1.29, 1.82) is 0 Å². The zero-order chi connectivity index (χ0) is 13.9. The van der Waals surface area contributed by atoms with Gasteiger partial charge < -0.3 is 0 Å². The van der Waals surface area contributed by atoms with Gasteiger partial charge in [0.1, 0.15) is 5.78 Å². The van der Waals surface area contributed by atoms with Crippen LogP contribution >= 0.6 is 11.6 Å². The fraction of sp³-hybridized carbons (Fsp3) is 0.588. The van der Waals surface area contributed by atoms with Gasteiger partial charge in [-0.3, -0.25) is 4.79 Å². The number of benzene rings is 1. The molecule has 0 saturated heterocycles. The van der Waals surface area contributed by atoms with Crippen LogP contribution in [0.25, 0.3) is 0 Å². The van der Waals surface area contributed by atoms with Gasteiger partial charge in [-0.05, 0) is 29.9 Å². The first kappa shape index (κ1) is 14.6. The van der Waals surface area contributed by atoms with Crippen molar-refractivity contribution >= 4 is 17.4 Å². The normalized spacial score (nSPS) is 17.4.